The smallest absolute Gasteiger partial charge is 0.276 e. The van der Waals surface area contributed by atoms with Crippen LogP contribution in [0.2, 0.25) is 5.02 Å². The Hall–Kier alpha value is -3.32. The van der Waals surface area contributed by atoms with Gasteiger partial charge < -0.3 is 15.0 Å². The predicted octanol–water partition coefficient (Wildman–Crippen LogP) is 5.36. The molecule has 0 saturated heterocycles. The van der Waals surface area contributed by atoms with E-state index in [1.807, 2.05) is 44.2 Å². The first-order chi connectivity index (χ1) is 16.5. The van der Waals surface area contributed by atoms with Crippen LogP contribution >= 0.6 is 11.6 Å². The summed E-state index contributed by atoms with van der Waals surface area (Å²) in [5, 5.41) is 8.36. The lowest BCUT2D eigenvalue weighted by Gasteiger charge is -2.38. The summed E-state index contributed by atoms with van der Waals surface area (Å²) < 4.78 is 7.37. The number of para-hydroxylation sites is 2. The van der Waals surface area contributed by atoms with E-state index in [1.165, 1.54) is 0 Å². The zero-order valence-electron chi connectivity index (χ0n) is 20.8. The number of nitrogens with one attached hydrogen (secondary N) is 1. The van der Waals surface area contributed by atoms with E-state index in [1.54, 1.807) is 28.8 Å². The summed E-state index contributed by atoms with van der Waals surface area (Å²) >= 11 is 6.28. The third-order valence-electron chi connectivity index (χ3n) is 6.58. The van der Waals surface area contributed by atoms with Crippen molar-refractivity contribution in [2.75, 3.05) is 19.0 Å². The Morgan fingerprint density at radius 3 is 2.51 bits per heavy atom. The Labute approximate surface area is 210 Å². The van der Waals surface area contributed by atoms with Gasteiger partial charge in [-0.15, -0.1) is 0 Å². The topological polar surface area (TPSA) is 76.5 Å². The molecular formula is C27H29ClN4O3. The molecule has 182 valence electrons. The predicted molar refractivity (Wildman–Crippen MR) is 136 cm³/mol. The summed E-state index contributed by atoms with van der Waals surface area (Å²) in [4.78, 5) is 29.7. The first-order valence-corrected chi connectivity index (χ1v) is 12.1. The van der Waals surface area contributed by atoms with Crippen LogP contribution in [0, 0.1) is 5.41 Å². The van der Waals surface area contributed by atoms with Crippen molar-refractivity contribution in [1.29, 1.82) is 0 Å². The van der Waals surface area contributed by atoms with Crippen molar-refractivity contribution in [1.82, 2.24) is 14.7 Å². The molecule has 0 aliphatic carbocycles. The highest BCUT2D eigenvalue weighted by Crippen LogP contribution is 2.54. The average Bonchev–Trinajstić information content (AvgIpc) is 3.38. The molecule has 2 aliphatic rings. The number of carbonyl (C=O) groups excluding carboxylic acids is 2. The number of hydrogen-bond acceptors (Lipinski definition) is 4. The lowest BCUT2D eigenvalue weighted by Crippen LogP contribution is -2.52. The van der Waals surface area contributed by atoms with E-state index in [-0.39, 0.29) is 23.1 Å². The van der Waals surface area contributed by atoms with Crippen LogP contribution in [0.5, 0.6) is 5.75 Å². The molecule has 5 rings (SSSR count). The number of amides is 2. The number of ether oxygens (including phenoxy) is 1. The van der Waals surface area contributed by atoms with E-state index in [0.717, 1.165) is 5.69 Å². The molecule has 2 aliphatic heterocycles. The van der Waals surface area contributed by atoms with Crippen molar-refractivity contribution in [3.05, 3.63) is 70.0 Å². The maximum absolute atomic E-state index is 14.0. The molecule has 0 bridgehead atoms. The lowest BCUT2D eigenvalue weighted by atomic mass is 9.81. The Morgan fingerprint density at radius 2 is 1.86 bits per heavy atom. The minimum absolute atomic E-state index is 0.0421. The van der Waals surface area contributed by atoms with Gasteiger partial charge in [0.25, 0.3) is 11.8 Å². The number of aromatic nitrogens is 2. The Kier molecular flexibility index (Phi) is 5.25. The van der Waals surface area contributed by atoms with Crippen LogP contribution in [0.15, 0.2) is 42.5 Å². The van der Waals surface area contributed by atoms with Crippen LogP contribution in [-0.2, 0) is 10.3 Å². The molecule has 1 aromatic heterocycles. The van der Waals surface area contributed by atoms with Crippen molar-refractivity contribution in [3.8, 4) is 11.4 Å². The molecule has 1 N–H and O–H groups in total. The van der Waals surface area contributed by atoms with Gasteiger partial charge >= 0.3 is 0 Å². The van der Waals surface area contributed by atoms with E-state index in [4.69, 9.17) is 21.4 Å². The number of benzene rings is 2. The molecule has 8 heteroatoms. The standard InChI is InChI=1S/C27H29ClN4O3/c1-15(2)23-21-22(30-32(23)19-9-7-8-10-20(19)35-6)24(33)31(14-26(3,4)5)27(21)17-12-11-16(28)13-18(17)29-25(27)34/h7-13,15H,14H2,1-6H3,(H,29,34). The summed E-state index contributed by atoms with van der Waals surface area (Å²) in [6.45, 7) is 10.6. The van der Waals surface area contributed by atoms with Gasteiger partial charge in [0.2, 0.25) is 0 Å². The number of methoxy groups -OCH3 is 1. The monoisotopic (exact) mass is 492 g/mol. The van der Waals surface area contributed by atoms with Gasteiger partial charge in [-0.3, -0.25) is 9.59 Å². The molecule has 7 nitrogen and oxygen atoms in total. The van der Waals surface area contributed by atoms with Crippen LogP contribution in [-0.4, -0.2) is 40.1 Å². The first kappa shape index (κ1) is 23.4. The molecule has 1 atom stereocenters. The van der Waals surface area contributed by atoms with Crippen molar-refractivity contribution >= 4 is 29.1 Å². The zero-order valence-corrected chi connectivity index (χ0v) is 21.5. The van der Waals surface area contributed by atoms with Gasteiger partial charge in [-0.25, -0.2) is 4.68 Å². The van der Waals surface area contributed by atoms with E-state index in [9.17, 15) is 9.59 Å². The Bertz CT molecular complexity index is 1370. The molecule has 2 aromatic carbocycles. The highest BCUT2D eigenvalue weighted by Gasteiger charge is 2.63. The number of carbonyl (C=O) groups is 2. The van der Waals surface area contributed by atoms with Gasteiger partial charge in [-0.2, -0.15) is 5.10 Å². The quantitative estimate of drug-likeness (QED) is 0.532. The van der Waals surface area contributed by atoms with Gasteiger partial charge in [0.05, 0.1) is 12.8 Å². The second-order valence-corrected chi connectivity index (χ2v) is 11.1. The number of hydrogen-bond donors (Lipinski definition) is 1. The molecule has 2 amide bonds. The Morgan fingerprint density at radius 1 is 1.14 bits per heavy atom. The van der Waals surface area contributed by atoms with Gasteiger partial charge in [0, 0.05) is 28.4 Å². The van der Waals surface area contributed by atoms with E-state index in [0.29, 0.717) is 45.5 Å². The van der Waals surface area contributed by atoms with E-state index < -0.39 is 5.54 Å². The summed E-state index contributed by atoms with van der Waals surface area (Å²) in [5.41, 5.74) is 2.18. The average molecular weight is 493 g/mol. The fourth-order valence-electron chi connectivity index (χ4n) is 5.33. The largest absolute Gasteiger partial charge is 0.494 e. The molecule has 3 aromatic rings. The number of anilines is 1. The molecule has 3 heterocycles. The third kappa shape index (κ3) is 3.28. The summed E-state index contributed by atoms with van der Waals surface area (Å²) in [5.74, 6) is 0.0577. The maximum atomic E-state index is 14.0. The fraction of sp³-hybridized carbons (Fsp3) is 0.370. The first-order valence-electron chi connectivity index (χ1n) is 11.7. The van der Waals surface area contributed by atoms with E-state index in [2.05, 4.69) is 26.1 Å². The second kappa shape index (κ2) is 7.85. The lowest BCUT2D eigenvalue weighted by molar-refractivity contribution is -0.124. The maximum Gasteiger partial charge on any atom is 0.276 e. The van der Waals surface area contributed by atoms with Crippen molar-refractivity contribution in [3.63, 3.8) is 0 Å². The normalized spacial score (nSPS) is 18.9. The number of fused-ring (bicyclic) bond motifs is 4. The van der Waals surface area contributed by atoms with Crippen LogP contribution in [0.3, 0.4) is 0 Å². The van der Waals surface area contributed by atoms with Gasteiger partial charge in [-0.05, 0) is 35.6 Å². The summed E-state index contributed by atoms with van der Waals surface area (Å²) in [6, 6.07) is 12.9. The number of rotatable bonds is 4. The highest BCUT2D eigenvalue weighted by molar-refractivity contribution is 6.31. The SMILES string of the molecule is COc1ccccc1-n1nc2c(c1C(C)C)C1(C(=O)Nc3cc(Cl)ccc31)N(CC(C)(C)C)C2=O. The fourth-order valence-corrected chi connectivity index (χ4v) is 5.50. The minimum atomic E-state index is -1.33. The van der Waals surface area contributed by atoms with E-state index >= 15 is 0 Å². The zero-order chi connectivity index (χ0) is 25.3. The molecular weight excluding hydrogens is 464 g/mol. The second-order valence-electron chi connectivity index (χ2n) is 10.7. The molecule has 0 fully saturated rings. The van der Waals surface area contributed by atoms with Crippen LogP contribution in [0.25, 0.3) is 5.69 Å². The van der Waals surface area contributed by atoms with Crippen LogP contribution in [0.4, 0.5) is 5.69 Å². The highest BCUT2D eigenvalue weighted by atomic mass is 35.5. The van der Waals surface area contributed by atoms with Crippen LogP contribution in [0.1, 0.15) is 67.8 Å². The van der Waals surface area contributed by atoms with Gasteiger partial charge in [0.15, 0.2) is 11.2 Å². The van der Waals surface area contributed by atoms with Gasteiger partial charge in [-0.1, -0.05) is 64.4 Å². The molecule has 1 spiro atoms. The van der Waals surface area contributed by atoms with Crippen molar-refractivity contribution in [2.24, 2.45) is 5.41 Å². The van der Waals surface area contributed by atoms with Gasteiger partial charge in [0.1, 0.15) is 11.4 Å². The van der Waals surface area contributed by atoms with Crippen molar-refractivity contribution < 1.29 is 14.3 Å². The molecule has 1 unspecified atom stereocenters. The Balaban J connectivity index is 1.88. The molecule has 35 heavy (non-hydrogen) atoms. The number of halogens is 1. The van der Waals surface area contributed by atoms with Crippen LogP contribution < -0.4 is 10.1 Å². The summed E-state index contributed by atoms with van der Waals surface area (Å²) in [6.07, 6.45) is 0. The number of nitrogens with zero attached hydrogens (tertiary/aromatic N) is 3. The third-order valence-corrected chi connectivity index (χ3v) is 6.81. The molecule has 0 saturated carbocycles. The minimum Gasteiger partial charge on any atom is -0.494 e. The van der Waals surface area contributed by atoms with Crippen molar-refractivity contribution in [2.45, 2.75) is 46.1 Å². The summed E-state index contributed by atoms with van der Waals surface area (Å²) in [7, 11) is 1.60. The molecule has 0 radical (unpaired) electrons.